The Balaban J connectivity index is 3.14. The Bertz CT molecular complexity index is 176. The Morgan fingerprint density at radius 1 is 1.75 bits per heavy atom. The van der Waals surface area contributed by atoms with Gasteiger partial charge in [-0.1, -0.05) is 11.3 Å². The molecule has 2 N–H and O–H groups in total. The molecule has 0 atom stereocenters. The monoisotopic (exact) mass is 192 g/mol. The van der Waals surface area contributed by atoms with E-state index in [0.717, 1.165) is 14.6 Å². The summed E-state index contributed by atoms with van der Waals surface area (Å²) in [6, 6.07) is 0. The Morgan fingerprint density at radius 3 is 2.50 bits per heavy atom. The van der Waals surface area contributed by atoms with Crippen LogP contribution in [0.15, 0.2) is 3.92 Å². The van der Waals surface area contributed by atoms with Gasteiger partial charge in [0.25, 0.3) is 0 Å². The lowest BCUT2D eigenvalue weighted by atomic mass is 10.5. The number of rotatable bonds is 0. The highest BCUT2D eigenvalue weighted by molar-refractivity contribution is 9.11. The van der Waals surface area contributed by atoms with Gasteiger partial charge in [-0.2, -0.15) is 0 Å². The Labute approximate surface area is 59.9 Å². The molecule has 1 rings (SSSR count). The number of nitrogens with zero attached hydrogens (tertiary/aromatic N) is 1. The molecule has 44 valence electrons. The van der Waals surface area contributed by atoms with Gasteiger partial charge in [-0.25, -0.2) is 4.98 Å². The van der Waals surface area contributed by atoms with E-state index in [-0.39, 0.29) is 0 Å². The average Bonchev–Trinajstić information content (AvgIpc) is 1.85. The quantitative estimate of drug-likeness (QED) is 0.682. The molecule has 0 aliphatic rings. The van der Waals surface area contributed by atoms with Crippen molar-refractivity contribution in [2.45, 2.75) is 6.92 Å². The molecule has 1 aromatic heterocycles. The van der Waals surface area contributed by atoms with E-state index in [4.69, 9.17) is 5.73 Å². The first-order chi connectivity index (χ1) is 3.70. The normalized spacial score (nSPS) is 9.75. The van der Waals surface area contributed by atoms with Crippen molar-refractivity contribution in [1.29, 1.82) is 0 Å². The first kappa shape index (κ1) is 6.04. The second-order valence-corrected chi connectivity index (χ2v) is 3.72. The minimum Gasteiger partial charge on any atom is -0.389 e. The maximum absolute atomic E-state index is 5.47. The molecule has 0 aliphatic carbocycles. The largest absolute Gasteiger partial charge is 0.389 e. The SMILES string of the molecule is Cc1nc(Br)sc1N. The van der Waals surface area contributed by atoms with Gasteiger partial charge in [0.15, 0.2) is 3.92 Å². The molecule has 0 aliphatic heterocycles. The van der Waals surface area contributed by atoms with Gasteiger partial charge >= 0.3 is 0 Å². The minimum absolute atomic E-state index is 0.789. The summed E-state index contributed by atoms with van der Waals surface area (Å²) in [7, 11) is 0. The lowest BCUT2D eigenvalue weighted by molar-refractivity contribution is 1.24. The van der Waals surface area contributed by atoms with Crippen LogP contribution in [0.3, 0.4) is 0 Å². The van der Waals surface area contributed by atoms with E-state index in [0.29, 0.717) is 0 Å². The summed E-state index contributed by atoms with van der Waals surface area (Å²) in [5, 5.41) is 0.789. The molecule has 0 saturated heterocycles. The van der Waals surface area contributed by atoms with Crippen LogP contribution in [0.5, 0.6) is 0 Å². The molecule has 2 nitrogen and oxygen atoms in total. The van der Waals surface area contributed by atoms with Crippen molar-refractivity contribution in [2.75, 3.05) is 5.73 Å². The Morgan fingerprint density at radius 2 is 2.38 bits per heavy atom. The van der Waals surface area contributed by atoms with Gasteiger partial charge < -0.3 is 5.73 Å². The van der Waals surface area contributed by atoms with Gasteiger partial charge in [-0.15, -0.1) is 0 Å². The van der Waals surface area contributed by atoms with Crippen LogP contribution in [0.25, 0.3) is 0 Å². The number of thiazole rings is 1. The maximum atomic E-state index is 5.47. The highest BCUT2D eigenvalue weighted by Gasteiger charge is 1.98. The molecule has 0 saturated carbocycles. The smallest absolute Gasteiger partial charge is 0.161 e. The van der Waals surface area contributed by atoms with Crippen molar-refractivity contribution in [3.05, 3.63) is 9.61 Å². The number of nitrogen functional groups attached to an aromatic ring is 1. The number of hydrogen-bond donors (Lipinski definition) is 1. The third-order valence-corrected chi connectivity index (χ3v) is 2.24. The van der Waals surface area contributed by atoms with Crippen molar-refractivity contribution in [2.24, 2.45) is 0 Å². The summed E-state index contributed by atoms with van der Waals surface area (Å²) >= 11 is 4.66. The van der Waals surface area contributed by atoms with E-state index >= 15 is 0 Å². The summed E-state index contributed by atoms with van der Waals surface area (Å²) in [6.45, 7) is 1.89. The first-order valence-electron chi connectivity index (χ1n) is 2.08. The second kappa shape index (κ2) is 2.03. The molecular weight excluding hydrogens is 188 g/mol. The van der Waals surface area contributed by atoms with E-state index in [9.17, 15) is 0 Å². The molecule has 4 heteroatoms. The zero-order chi connectivity index (χ0) is 6.15. The molecule has 1 aromatic rings. The van der Waals surface area contributed by atoms with Gasteiger partial charge in [0.2, 0.25) is 0 Å². The highest BCUT2D eigenvalue weighted by Crippen LogP contribution is 2.23. The van der Waals surface area contributed by atoms with Crippen LogP contribution in [-0.2, 0) is 0 Å². The molecule has 0 radical (unpaired) electrons. The summed E-state index contributed by atoms with van der Waals surface area (Å²) in [5.74, 6) is 0. The fraction of sp³-hybridized carbons (Fsp3) is 0.250. The van der Waals surface area contributed by atoms with Crippen LogP contribution in [0.2, 0.25) is 0 Å². The standard InChI is InChI=1S/C4H5BrN2S/c1-2-3(6)8-4(5)7-2/h6H2,1H3. The van der Waals surface area contributed by atoms with Gasteiger partial charge in [0.1, 0.15) is 5.00 Å². The number of halogens is 1. The summed E-state index contributed by atoms with van der Waals surface area (Å²) in [4.78, 5) is 4.02. The zero-order valence-electron chi connectivity index (χ0n) is 4.31. The molecule has 1 heterocycles. The summed E-state index contributed by atoms with van der Waals surface area (Å²) in [5.41, 5.74) is 6.37. The number of aryl methyl sites for hydroxylation is 1. The summed E-state index contributed by atoms with van der Waals surface area (Å²) < 4.78 is 0.854. The van der Waals surface area contributed by atoms with Crippen LogP contribution in [0, 0.1) is 6.92 Å². The van der Waals surface area contributed by atoms with Crippen molar-refractivity contribution < 1.29 is 0 Å². The highest BCUT2D eigenvalue weighted by atomic mass is 79.9. The predicted octanol–water partition coefficient (Wildman–Crippen LogP) is 1.80. The van der Waals surface area contributed by atoms with Gasteiger partial charge in [-0.05, 0) is 22.9 Å². The van der Waals surface area contributed by atoms with Crippen molar-refractivity contribution in [3.8, 4) is 0 Å². The van der Waals surface area contributed by atoms with Crippen molar-refractivity contribution >= 4 is 32.3 Å². The third-order valence-electron chi connectivity index (χ3n) is 0.806. The molecular formula is C4H5BrN2S. The summed E-state index contributed by atoms with van der Waals surface area (Å²) in [6.07, 6.45) is 0. The molecule has 0 spiro atoms. The molecule has 0 aromatic carbocycles. The van der Waals surface area contributed by atoms with E-state index in [1.165, 1.54) is 11.3 Å². The second-order valence-electron chi connectivity index (χ2n) is 1.42. The van der Waals surface area contributed by atoms with Gasteiger partial charge in [0.05, 0.1) is 5.69 Å². The maximum Gasteiger partial charge on any atom is 0.161 e. The third kappa shape index (κ3) is 1.00. The Kier molecular flexibility index (Phi) is 1.53. The Hall–Kier alpha value is -0.0900. The van der Waals surface area contributed by atoms with E-state index in [1.54, 1.807) is 0 Å². The molecule has 0 amide bonds. The van der Waals surface area contributed by atoms with E-state index < -0.39 is 0 Å². The van der Waals surface area contributed by atoms with Crippen molar-refractivity contribution in [1.82, 2.24) is 4.98 Å². The lowest BCUT2D eigenvalue weighted by Gasteiger charge is -1.78. The van der Waals surface area contributed by atoms with E-state index in [2.05, 4.69) is 20.9 Å². The van der Waals surface area contributed by atoms with Crippen LogP contribution < -0.4 is 5.73 Å². The minimum atomic E-state index is 0.789. The lowest BCUT2D eigenvalue weighted by Crippen LogP contribution is -1.80. The van der Waals surface area contributed by atoms with Crippen molar-refractivity contribution in [3.63, 3.8) is 0 Å². The molecule has 0 unspecified atom stereocenters. The predicted molar refractivity (Wildman–Crippen MR) is 39.0 cm³/mol. The molecule has 8 heavy (non-hydrogen) atoms. The number of hydrogen-bond acceptors (Lipinski definition) is 3. The fourth-order valence-corrected chi connectivity index (χ4v) is 1.72. The molecule has 0 fully saturated rings. The first-order valence-corrected chi connectivity index (χ1v) is 3.69. The number of nitrogens with two attached hydrogens (primary N) is 1. The number of aromatic nitrogens is 1. The average molecular weight is 193 g/mol. The van der Waals surface area contributed by atoms with Gasteiger partial charge in [-0.3, -0.25) is 0 Å². The van der Waals surface area contributed by atoms with E-state index in [1.807, 2.05) is 6.92 Å². The topological polar surface area (TPSA) is 38.9 Å². The van der Waals surface area contributed by atoms with Crippen LogP contribution >= 0.6 is 27.3 Å². The zero-order valence-corrected chi connectivity index (χ0v) is 6.71. The van der Waals surface area contributed by atoms with Crippen LogP contribution in [-0.4, -0.2) is 4.98 Å². The fourth-order valence-electron chi connectivity index (χ4n) is 0.374. The molecule has 0 bridgehead atoms. The number of anilines is 1. The van der Waals surface area contributed by atoms with Crippen LogP contribution in [0.4, 0.5) is 5.00 Å². The van der Waals surface area contributed by atoms with Gasteiger partial charge in [0, 0.05) is 0 Å². The van der Waals surface area contributed by atoms with Crippen LogP contribution in [0.1, 0.15) is 5.69 Å².